The summed E-state index contributed by atoms with van der Waals surface area (Å²) in [7, 11) is 0. The molecule has 0 bridgehead atoms. The van der Waals surface area contributed by atoms with Crippen molar-refractivity contribution in [2.75, 3.05) is 0 Å². The highest BCUT2D eigenvalue weighted by Gasteiger charge is 2.31. The predicted molar refractivity (Wildman–Crippen MR) is 47.8 cm³/mol. The molecule has 0 spiro atoms. The topological polar surface area (TPSA) is 72.6 Å². The zero-order chi connectivity index (χ0) is 11.2. The van der Waals surface area contributed by atoms with E-state index in [0.29, 0.717) is 0 Å². The Balaban J connectivity index is 2.68. The van der Waals surface area contributed by atoms with Crippen LogP contribution in [0.3, 0.4) is 0 Å². The molecule has 80 valence electrons. The first-order valence-electron chi connectivity index (χ1n) is 3.97. The fourth-order valence-electron chi connectivity index (χ4n) is 1.42. The summed E-state index contributed by atoms with van der Waals surface area (Å²) >= 11 is 5.58. The predicted octanol–water partition coefficient (Wildman–Crippen LogP) is 1.91. The molecule has 1 aliphatic rings. The van der Waals surface area contributed by atoms with Gasteiger partial charge in [0.2, 0.25) is 5.82 Å². The standard InChI is InChI=1S/C8H5ClFNO4/c9-6-4-2-15-8(12)3(4)1-5(7(6)10)11(13)14/h1,8,12H,2H2. The summed E-state index contributed by atoms with van der Waals surface area (Å²) in [6.45, 7) is -0.0513. The number of fused-ring (bicyclic) bond motifs is 1. The van der Waals surface area contributed by atoms with Crippen LogP contribution in [0.1, 0.15) is 17.4 Å². The second kappa shape index (κ2) is 3.41. The number of nitro groups is 1. The first-order valence-corrected chi connectivity index (χ1v) is 4.35. The fraction of sp³-hybridized carbons (Fsp3) is 0.250. The zero-order valence-corrected chi connectivity index (χ0v) is 7.99. The number of hydrogen-bond acceptors (Lipinski definition) is 4. The second-order valence-corrected chi connectivity index (χ2v) is 3.39. The molecule has 1 aromatic carbocycles. The third kappa shape index (κ3) is 1.46. The number of aliphatic hydroxyl groups is 1. The van der Waals surface area contributed by atoms with Crippen LogP contribution in [0.15, 0.2) is 6.07 Å². The van der Waals surface area contributed by atoms with Crippen LogP contribution in [0.5, 0.6) is 0 Å². The number of rotatable bonds is 1. The number of aliphatic hydroxyl groups excluding tert-OH is 1. The molecular weight excluding hydrogens is 229 g/mol. The van der Waals surface area contributed by atoms with Crippen molar-refractivity contribution in [2.24, 2.45) is 0 Å². The first-order chi connectivity index (χ1) is 7.02. The molecule has 0 radical (unpaired) electrons. The molecule has 15 heavy (non-hydrogen) atoms. The average Bonchev–Trinajstić information content (AvgIpc) is 2.53. The summed E-state index contributed by atoms with van der Waals surface area (Å²) in [5.74, 6) is -1.10. The Morgan fingerprint density at radius 2 is 2.40 bits per heavy atom. The quantitative estimate of drug-likeness (QED) is 0.594. The van der Waals surface area contributed by atoms with Crippen molar-refractivity contribution in [3.05, 3.63) is 38.1 Å². The van der Waals surface area contributed by atoms with Gasteiger partial charge in [0.25, 0.3) is 0 Å². The van der Waals surface area contributed by atoms with E-state index in [1.807, 2.05) is 0 Å². The summed E-state index contributed by atoms with van der Waals surface area (Å²) < 4.78 is 18.1. The lowest BCUT2D eigenvalue weighted by Crippen LogP contribution is -1.99. The van der Waals surface area contributed by atoms with E-state index in [0.717, 1.165) is 6.07 Å². The van der Waals surface area contributed by atoms with Crippen LogP contribution in [0.2, 0.25) is 5.02 Å². The summed E-state index contributed by atoms with van der Waals surface area (Å²) in [6, 6.07) is 0.939. The number of halogens is 2. The number of nitro benzene ring substituents is 1. The lowest BCUT2D eigenvalue weighted by Gasteiger charge is -2.04. The number of ether oxygens (including phenoxy) is 1. The van der Waals surface area contributed by atoms with E-state index in [1.165, 1.54) is 0 Å². The maximum atomic E-state index is 13.3. The van der Waals surface area contributed by atoms with Crippen molar-refractivity contribution in [3.63, 3.8) is 0 Å². The van der Waals surface area contributed by atoms with E-state index >= 15 is 0 Å². The van der Waals surface area contributed by atoms with E-state index in [1.54, 1.807) is 0 Å². The Labute approximate surface area is 88.2 Å². The van der Waals surface area contributed by atoms with Crippen molar-refractivity contribution in [1.82, 2.24) is 0 Å². The van der Waals surface area contributed by atoms with E-state index < -0.39 is 22.7 Å². The summed E-state index contributed by atoms with van der Waals surface area (Å²) in [4.78, 5) is 9.57. The van der Waals surface area contributed by atoms with Crippen molar-refractivity contribution in [2.45, 2.75) is 12.9 Å². The molecule has 0 saturated carbocycles. The normalized spacial score (nSPS) is 19.0. The SMILES string of the molecule is O=[N+]([O-])c1cc2c(c(Cl)c1F)COC2O. The molecule has 1 N–H and O–H groups in total. The second-order valence-electron chi connectivity index (χ2n) is 3.01. The average molecular weight is 234 g/mol. The molecule has 1 aromatic rings. The third-order valence-corrected chi connectivity index (χ3v) is 2.57. The number of benzene rings is 1. The summed E-state index contributed by atoms with van der Waals surface area (Å²) in [6.07, 6.45) is -1.28. The Bertz CT molecular complexity index is 451. The minimum atomic E-state index is -1.28. The van der Waals surface area contributed by atoms with Gasteiger partial charge >= 0.3 is 5.69 Å². The van der Waals surface area contributed by atoms with Crippen molar-refractivity contribution >= 4 is 17.3 Å². The van der Waals surface area contributed by atoms with Gasteiger partial charge in [0, 0.05) is 17.2 Å². The minimum absolute atomic E-state index is 0.0513. The summed E-state index contributed by atoms with van der Waals surface area (Å²) in [5.41, 5.74) is -0.358. The highest BCUT2D eigenvalue weighted by molar-refractivity contribution is 6.31. The maximum absolute atomic E-state index is 13.3. The molecule has 0 aromatic heterocycles. The van der Waals surface area contributed by atoms with E-state index in [-0.39, 0.29) is 22.8 Å². The van der Waals surface area contributed by atoms with Gasteiger partial charge in [-0.25, -0.2) is 0 Å². The Morgan fingerprint density at radius 1 is 1.73 bits per heavy atom. The summed E-state index contributed by atoms with van der Waals surface area (Å²) in [5, 5.41) is 19.4. The van der Waals surface area contributed by atoms with E-state index in [2.05, 4.69) is 0 Å². The van der Waals surface area contributed by atoms with Crippen molar-refractivity contribution < 1.29 is 19.2 Å². The van der Waals surface area contributed by atoms with Gasteiger partial charge in [-0.15, -0.1) is 0 Å². The highest BCUT2D eigenvalue weighted by atomic mass is 35.5. The Morgan fingerprint density at radius 3 is 3.00 bits per heavy atom. The van der Waals surface area contributed by atoms with Gasteiger partial charge in [0.15, 0.2) is 6.29 Å². The Kier molecular flexibility index (Phi) is 2.34. The molecule has 0 saturated heterocycles. The molecule has 1 heterocycles. The van der Waals surface area contributed by atoms with Crippen LogP contribution < -0.4 is 0 Å². The van der Waals surface area contributed by atoms with Gasteiger partial charge in [0.1, 0.15) is 0 Å². The fourth-order valence-corrected chi connectivity index (χ4v) is 1.68. The van der Waals surface area contributed by atoms with Crippen LogP contribution in [-0.4, -0.2) is 10.0 Å². The smallest absolute Gasteiger partial charge is 0.306 e. The van der Waals surface area contributed by atoms with Gasteiger partial charge in [-0.3, -0.25) is 10.1 Å². The molecular formula is C8H5ClFNO4. The molecule has 5 nitrogen and oxygen atoms in total. The maximum Gasteiger partial charge on any atom is 0.306 e. The van der Waals surface area contributed by atoms with Crippen molar-refractivity contribution in [1.29, 1.82) is 0 Å². The molecule has 7 heteroatoms. The van der Waals surface area contributed by atoms with Crippen LogP contribution >= 0.6 is 11.6 Å². The lowest BCUT2D eigenvalue weighted by molar-refractivity contribution is -0.387. The highest BCUT2D eigenvalue weighted by Crippen LogP contribution is 2.39. The molecule has 1 atom stereocenters. The van der Waals surface area contributed by atoms with Gasteiger partial charge in [0.05, 0.1) is 16.6 Å². The lowest BCUT2D eigenvalue weighted by atomic mass is 10.1. The van der Waals surface area contributed by atoms with Crippen LogP contribution in [-0.2, 0) is 11.3 Å². The van der Waals surface area contributed by atoms with Crippen LogP contribution in [0.25, 0.3) is 0 Å². The monoisotopic (exact) mass is 233 g/mol. The number of nitrogens with zero attached hydrogens (tertiary/aromatic N) is 1. The number of hydrogen-bond donors (Lipinski definition) is 1. The van der Waals surface area contributed by atoms with Gasteiger partial charge in [-0.05, 0) is 0 Å². The molecule has 2 rings (SSSR count). The first kappa shape index (κ1) is 10.3. The third-order valence-electron chi connectivity index (χ3n) is 2.17. The van der Waals surface area contributed by atoms with E-state index in [4.69, 9.17) is 16.3 Å². The molecule has 1 aliphatic heterocycles. The molecule has 0 fully saturated rings. The molecule has 1 unspecified atom stereocenters. The largest absolute Gasteiger partial charge is 0.364 e. The van der Waals surface area contributed by atoms with Gasteiger partial charge in [-0.2, -0.15) is 4.39 Å². The van der Waals surface area contributed by atoms with Gasteiger partial charge in [-0.1, -0.05) is 11.6 Å². The van der Waals surface area contributed by atoms with Crippen molar-refractivity contribution in [3.8, 4) is 0 Å². The van der Waals surface area contributed by atoms with E-state index in [9.17, 15) is 19.6 Å². The molecule has 0 aliphatic carbocycles. The molecule has 0 amide bonds. The zero-order valence-electron chi connectivity index (χ0n) is 7.24. The Hall–Kier alpha value is -1.24. The van der Waals surface area contributed by atoms with Crippen LogP contribution in [0.4, 0.5) is 10.1 Å². The van der Waals surface area contributed by atoms with Gasteiger partial charge < -0.3 is 9.84 Å². The minimum Gasteiger partial charge on any atom is -0.364 e. The van der Waals surface area contributed by atoms with Crippen LogP contribution in [0, 0.1) is 15.9 Å².